The summed E-state index contributed by atoms with van der Waals surface area (Å²) in [5.41, 5.74) is 3.16. The van der Waals surface area contributed by atoms with Gasteiger partial charge in [0.1, 0.15) is 5.82 Å². The number of carbonyl (C=O) groups excluding carboxylic acids is 1. The SMILES string of the molecule is Cc1ccccc1CN1CCCC(C(=O)NCCSCc2c(F)cccc2Cl)C1. The van der Waals surface area contributed by atoms with E-state index in [2.05, 4.69) is 41.4 Å². The van der Waals surface area contributed by atoms with E-state index < -0.39 is 0 Å². The quantitative estimate of drug-likeness (QED) is 0.590. The van der Waals surface area contributed by atoms with Crippen LogP contribution in [0.25, 0.3) is 0 Å². The summed E-state index contributed by atoms with van der Waals surface area (Å²) < 4.78 is 13.8. The summed E-state index contributed by atoms with van der Waals surface area (Å²) in [6.45, 7) is 5.46. The van der Waals surface area contributed by atoms with Crippen LogP contribution in [0.1, 0.15) is 29.5 Å². The Hall–Kier alpha value is -1.56. The molecule has 1 saturated heterocycles. The number of halogens is 2. The molecule has 3 nitrogen and oxygen atoms in total. The van der Waals surface area contributed by atoms with Crippen molar-refractivity contribution in [3.8, 4) is 0 Å². The Kier molecular flexibility index (Phi) is 8.40. The summed E-state index contributed by atoms with van der Waals surface area (Å²) in [6, 6.07) is 13.2. The van der Waals surface area contributed by atoms with Crippen molar-refractivity contribution in [3.63, 3.8) is 0 Å². The summed E-state index contributed by atoms with van der Waals surface area (Å²) in [7, 11) is 0. The van der Waals surface area contributed by atoms with Crippen molar-refractivity contribution in [2.45, 2.75) is 32.1 Å². The highest BCUT2D eigenvalue weighted by atomic mass is 35.5. The Morgan fingerprint density at radius 1 is 1.28 bits per heavy atom. The number of benzene rings is 2. The molecule has 156 valence electrons. The molecule has 29 heavy (non-hydrogen) atoms. The Morgan fingerprint density at radius 3 is 2.90 bits per heavy atom. The molecule has 1 fully saturated rings. The van der Waals surface area contributed by atoms with Gasteiger partial charge in [-0.3, -0.25) is 9.69 Å². The summed E-state index contributed by atoms with van der Waals surface area (Å²) in [4.78, 5) is 15.0. The van der Waals surface area contributed by atoms with Crippen LogP contribution in [0.5, 0.6) is 0 Å². The summed E-state index contributed by atoms with van der Waals surface area (Å²) in [5.74, 6) is 1.14. The van der Waals surface area contributed by atoms with Crippen molar-refractivity contribution in [2.24, 2.45) is 5.92 Å². The van der Waals surface area contributed by atoms with Crippen molar-refractivity contribution >= 4 is 29.3 Å². The zero-order valence-electron chi connectivity index (χ0n) is 16.8. The first kappa shape index (κ1) is 22.1. The van der Waals surface area contributed by atoms with Crippen LogP contribution >= 0.6 is 23.4 Å². The number of amides is 1. The molecule has 2 aromatic carbocycles. The fourth-order valence-corrected chi connectivity index (χ4v) is 4.87. The molecule has 0 aliphatic carbocycles. The average Bonchev–Trinajstić information content (AvgIpc) is 2.71. The molecule has 1 aliphatic heterocycles. The lowest BCUT2D eigenvalue weighted by Crippen LogP contribution is -2.43. The molecule has 1 unspecified atom stereocenters. The van der Waals surface area contributed by atoms with E-state index in [4.69, 9.17) is 11.6 Å². The lowest BCUT2D eigenvalue weighted by atomic mass is 9.96. The highest BCUT2D eigenvalue weighted by Crippen LogP contribution is 2.24. The molecule has 1 heterocycles. The maximum Gasteiger partial charge on any atom is 0.224 e. The maximum atomic E-state index is 13.8. The third-order valence-corrected chi connectivity index (χ3v) is 6.72. The molecule has 1 N–H and O–H groups in total. The van der Waals surface area contributed by atoms with E-state index in [9.17, 15) is 9.18 Å². The van der Waals surface area contributed by atoms with Crippen LogP contribution < -0.4 is 5.32 Å². The van der Waals surface area contributed by atoms with Gasteiger partial charge in [0.25, 0.3) is 0 Å². The van der Waals surface area contributed by atoms with Gasteiger partial charge in [-0.2, -0.15) is 11.8 Å². The zero-order valence-corrected chi connectivity index (χ0v) is 18.4. The van der Waals surface area contributed by atoms with E-state index in [1.807, 2.05) is 0 Å². The van der Waals surface area contributed by atoms with Gasteiger partial charge < -0.3 is 5.32 Å². The van der Waals surface area contributed by atoms with Gasteiger partial charge in [0.15, 0.2) is 0 Å². The Bertz CT molecular complexity index is 812. The van der Waals surface area contributed by atoms with Crippen molar-refractivity contribution < 1.29 is 9.18 Å². The van der Waals surface area contributed by atoms with Gasteiger partial charge in [-0.25, -0.2) is 4.39 Å². The molecule has 3 rings (SSSR count). The molecule has 1 atom stereocenters. The molecule has 6 heteroatoms. The molecule has 1 amide bonds. The molecular formula is C23H28ClFN2OS. The van der Waals surface area contributed by atoms with Gasteiger partial charge in [0, 0.05) is 41.7 Å². The topological polar surface area (TPSA) is 32.3 Å². The number of nitrogens with zero attached hydrogens (tertiary/aromatic N) is 1. The molecule has 2 aromatic rings. The first-order valence-electron chi connectivity index (χ1n) is 10.1. The predicted molar refractivity (Wildman–Crippen MR) is 120 cm³/mol. The van der Waals surface area contributed by atoms with Crippen molar-refractivity contribution in [2.75, 3.05) is 25.4 Å². The van der Waals surface area contributed by atoms with Crippen LogP contribution in [-0.2, 0) is 17.1 Å². The number of aryl methyl sites for hydroxylation is 1. The first-order valence-corrected chi connectivity index (χ1v) is 11.6. The van der Waals surface area contributed by atoms with Crippen LogP contribution in [0.15, 0.2) is 42.5 Å². The number of likely N-dealkylation sites (tertiary alicyclic amines) is 1. The minimum Gasteiger partial charge on any atom is -0.355 e. The van der Waals surface area contributed by atoms with Crippen molar-refractivity contribution in [1.29, 1.82) is 0 Å². The first-order chi connectivity index (χ1) is 14.0. The van der Waals surface area contributed by atoms with E-state index in [0.717, 1.165) is 38.2 Å². The van der Waals surface area contributed by atoms with Gasteiger partial charge >= 0.3 is 0 Å². The van der Waals surface area contributed by atoms with Gasteiger partial charge in [0.2, 0.25) is 5.91 Å². The fraction of sp³-hybridized carbons (Fsp3) is 0.435. The predicted octanol–water partition coefficient (Wildman–Crippen LogP) is 5.05. The van der Waals surface area contributed by atoms with E-state index in [1.165, 1.54) is 17.2 Å². The second-order valence-electron chi connectivity index (χ2n) is 7.54. The largest absolute Gasteiger partial charge is 0.355 e. The highest BCUT2D eigenvalue weighted by Gasteiger charge is 2.25. The number of carbonyl (C=O) groups is 1. The van der Waals surface area contributed by atoms with E-state index in [1.54, 1.807) is 23.9 Å². The molecule has 0 saturated carbocycles. The lowest BCUT2D eigenvalue weighted by molar-refractivity contribution is -0.126. The van der Waals surface area contributed by atoms with Crippen LogP contribution in [0.2, 0.25) is 5.02 Å². The number of rotatable bonds is 8. The van der Waals surface area contributed by atoms with E-state index in [-0.39, 0.29) is 17.6 Å². The van der Waals surface area contributed by atoms with Crippen LogP contribution in [-0.4, -0.2) is 36.2 Å². The van der Waals surface area contributed by atoms with Crippen molar-refractivity contribution in [3.05, 3.63) is 70.0 Å². The van der Waals surface area contributed by atoms with E-state index in [0.29, 0.717) is 22.9 Å². The molecule has 0 spiro atoms. The summed E-state index contributed by atoms with van der Waals surface area (Å²) in [6.07, 6.45) is 1.98. The highest BCUT2D eigenvalue weighted by molar-refractivity contribution is 7.98. The number of hydrogen-bond acceptors (Lipinski definition) is 3. The normalized spacial score (nSPS) is 17.3. The number of piperidine rings is 1. The standard InChI is InChI=1S/C23H28ClFN2OS/c1-17-6-2-3-7-18(17)14-27-12-5-8-19(15-27)23(28)26-11-13-29-16-20-21(24)9-4-10-22(20)25/h2-4,6-7,9-10,19H,5,8,11-16H2,1H3,(H,26,28). The Morgan fingerprint density at radius 2 is 2.10 bits per heavy atom. The van der Waals surface area contributed by atoms with Crippen molar-refractivity contribution in [1.82, 2.24) is 10.2 Å². The minimum atomic E-state index is -0.273. The molecular weight excluding hydrogens is 407 g/mol. The monoisotopic (exact) mass is 434 g/mol. The molecule has 0 radical (unpaired) electrons. The third-order valence-electron chi connectivity index (χ3n) is 5.39. The lowest BCUT2D eigenvalue weighted by Gasteiger charge is -2.32. The second kappa shape index (κ2) is 11.0. The smallest absolute Gasteiger partial charge is 0.224 e. The van der Waals surface area contributed by atoms with Gasteiger partial charge in [-0.1, -0.05) is 41.9 Å². The maximum absolute atomic E-state index is 13.8. The molecule has 0 aromatic heterocycles. The van der Waals surface area contributed by atoms with Gasteiger partial charge in [0.05, 0.1) is 5.92 Å². The van der Waals surface area contributed by atoms with Crippen LogP contribution in [0.4, 0.5) is 4.39 Å². The summed E-state index contributed by atoms with van der Waals surface area (Å²) >= 11 is 7.63. The number of nitrogens with one attached hydrogen (secondary N) is 1. The summed E-state index contributed by atoms with van der Waals surface area (Å²) in [5, 5.41) is 3.51. The number of thioether (sulfide) groups is 1. The fourth-order valence-electron chi connectivity index (χ4n) is 3.68. The van der Waals surface area contributed by atoms with Gasteiger partial charge in [-0.05, 0) is 49.6 Å². The Balaban J connectivity index is 1.39. The molecule has 0 bridgehead atoms. The molecule has 1 aliphatic rings. The number of hydrogen-bond donors (Lipinski definition) is 1. The van der Waals surface area contributed by atoms with Crippen LogP contribution in [0, 0.1) is 18.7 Å². The Labute approximate surface area is 182 Å². The van der Waals surface area contributed by atoms with Gasteiger partial charge in [-0.15, -0.1) is 0 Å². The minimum absolute atomic E-state index is 0.0405. The second-order valence-corrected chi connectivity index (χ2v) is 9.06. The average molecular weight is 435 g/mol. The van der Waals surface area contributed by atoms with Crippen LogP contribution in [0.3, 0.4) is 0 Å². The van der Waals surface area contributed by atoms with E-state index >= 15 is 0 Å². The zero-order chi connectivity index (χ0) is 20.6. The third kappa shape index (κ3) is 6.46.